The van der Waals surface area contributed by atoms with E-state index in [0.29, 0.717) is 5.56 Å². The molecule has 2 aromatic heterocycles. The lowest BCUT2D eigenvalue weighted by molar-refractivity contribution is -0.671. The molecule has 0 fully saturated rings. The number of hydrogen-bond acceptors (Lipinski definition) is 5. The maximum Gasteiger partial charge on any atom is 0.255 e. The highest BCUT2D eigenvalue weighted by atomic mass is 16.1. The van der Waals surface area contributed by atoms with Crippen LogP contribution in [-0.4, -0.2) is 25.0 Å². The van der Waals surface area contributed by atoms with E-state index < -0.39 is 0 Å². The molecule has 0 spiro atoms. The maximum absolute atomic E-state index is 12.9. The Labute approximate surface area is 216 Å². The van der Waals surface area contributed by atoms with Crippen molar-refractivity contribution in [1.29, 1.82) is 0 Å². The van der Waals surface area contributed by atoms with E-state index in [0.717, 1.165) is 45.0 Å². The molecular weight excluding hydrogens is 460 g/mol. The summed E-state index contributed by atoms with van der Waals surface area (Å²) in [7, 11) is 6.00. The summed E-state index contributed by atoms with van der Waals surface area (Å²) in [5, 5.41) is 10.8. The van der Waals surface area contributed by atoms with Crippen molar-refractivity contribution in [1.82, 2.24) is 4.98 Å². The summed E-state index contributed by atoms with van der Waals surface area (Å²) >= 11 is 0. The van der Waals surface area contributed by atoms with Gasteiger partial charge >= 0.3 is 0 Å². The summed E-state index contributed by atoms with van der Waals surface area (Å²) < 4.78 is 1.97. The van der Waals surface area contributed by atoms with E-state index in [1.165, 1.54) is 0 Å². The van der Waals surface area contributed by atoms with E-state index >= 15 is 0 Å². The van der Waals surface area contributed by atoms with Gasteiger partial charge in [-0.2, -0.15) is 0 Å². The second-order valence-electron chi connectivity index (χ2n) is 9.07. The van der Waals surface area contributed by atoms with E-state index in [1.807, 2.05) is 98.8 Å². The van der Waals surface area contributed by atoms with Crippen molar-refractivity contribution in [3.8, 4) is 0 Å². The lowest BCUT2D eigenvalue weighted by Gasteiger charge is -2.15. The highest BCUT2D eigenvalue weighted by molar-refractivity contribution is 6.05. The van der Waals surface area contributed by atoms with Gasteiger partial charge in [0.25, 0.3) is 5.91 Å². The SMILES string of the molecule is CN(C)c1ccc2c(Nc3ccc(NC(=O)c4cccc(Nc5cc[n+](C)cc5)c4)cc3)ccnc2c1. The van der Waals surface area contributed by atoms with Gasteiger partial charge in [0, 0.05) is 71.8 Å². The van der Waals surface area contributed by atoms with Gasteiger partial charge in [-0.1, -0.05) is 6.07 Å². The van der Waals surface area contributed by atoms with Gasteiger partial charge in [0.15, 0.2) is 12.4 Å². The van der Waals surface area contributed by atoms with Crippen LogP contribution >= 0.6 is 0 Å². The predicted octanol–water partition coefficient (Wildman–Crippen LogP) is 5.86. The molecule has 2 heterocycles. The summed E-state index contributed by atoms with van der Waals surface area (Å²) in [6.45, 7) is 0. The van der Waals surface area contributed by atoms with E-state index in [2.05, 4.69) is 44.0 Å². The fourth-order valence-electron chi connectivity index (χ4n) is 4.01. The Hall–Kier alpha value is -4.91. The van der Waals surface area contributed by atoms with Crippen molar-refractivity contribution in [2.45, 2.75) is 0 Å². The Morgan fingerprint density at radius 2 is 1.51 bits per heavy atom. The molecule has 0 unspecified atom stereocenters. The lowest BCUT2D eigenvalue weighted by atomic mass is 10.1. The Morgan fingerprint density at radius 3 is 2.27 bits per heavy atom. The standard InChI is InChI=1S/C30H28N6O/c1-35(2)26-11-12-27-28(13-16-31-29(27)20-26)33-22-7-9-23(10-8-22)34-30(37)21-5-4-6-25(19-21)32-24-14-17-36(3)18-15-24/h4-20H,1-3H3,(H2,31,33,34,37)/p+1. The Kier molecular flexibility index (Phi) is 6.68. The third kappa shape index (κ3) is 5.67. The van der Waals surface area contributed by atoms with Gasteiger partial charge in [-0.25, -0.2) is 4.57 Å². The number of aromatic nitrogens is 2. The molecule has 0 aliphatic rings. The summed E-state index contributed by atoms with van der Waals surface area (Å²) in [6.07, 6.45) is 5.74. The molecule has 0 aliphatic heterocycles. The minimum atomic E-state index is -0.166. The Bertz CT molecular complexity index is 1550. The smallest absolute Gasteiger partial charge is 0.255 e. The number of amides is 1. The van der Waals surface area contributed by atoms with E-state index in [1.54, 1.807) is 12.3 Å². The van der Waals surface area contributed by atoms with Gasteiger partial charge < -0.3 is 20.9 Å². The van der Waals surface area contributed by atoms with E-state index in [9.17, 15) is 4.79 Å². The molecule has 0 atom stereocenters. The summed E-state index contributed by atoms with van der Waals surface area (Å²) in [6, 6.07) is 27.3. The summed E-state index contributed by atoms with van der Waals surface area (Å²) in [5.74, 6) is -0.166. The zero-order chi connectivity index (χ0) is 25.8. The molecule has 7 heteroatoms. The molecule has 184 valence electrons. The molecule has 0 bridgehead atoms. The van der Waals surface area contributed by atoms with Crippen molar-refractivity contribution in [2.75, 3.05) is 34.9 Å². The molecule has 7 nitrogen and oxygen atoms in total. The average molecular weight is 490 g/mol. The molecule has 3 N–H and O–H groups in total. The number of carbonyl (C=O) groups excluding carboxylic acids is 1. The van der Waals surface area contributed by atoms with Gasteiger partial charge in [0.05, 0.1) is 11.2 Å². The number of nitrogens with zero attached hydrogens (tertiary/aromatic N) is 3. The van der Waals surface area contributed by atoms with Crippen LogP contribution in [0.3, 0.4) is 0 Å². The topological polar surface area (TPSA) is 73.2 Å². The summed E-state index contributed by atoms with van der Waals surface area (Å²) in [5.41, 5.74) is 7.04. The Morgan fingerprint density at radius 1 is 0.784 bits per heavy atom. The van der Waals surface area contributed by atoms with Crippen LogP contribution in [0.15, 0.2) is 104 Å². The first-order valence-corrected chi connectivity index (χ1v) is 12.0. The quantitative estimate of drug-likeness (QED) is 0.250. The third-order valence-electron chi connectivity index (χ3n) is 6.06. The van der Waals surface area contributed by atoms with Gasteiger partial charge in [-0.15, -0.1) is 0 Å². The number of fused-ring (bicyclic) bond motifs is 1. The molecule has 0 aliphatic carbocycles. The minimum absolute atomic E-state index is 0.166. The summed E-state index contributed by atoms with van der Waals surface area (Å²) in [4.78, 5) is 19.5. The monoisotopic (exact) mass is 489 g/mol. The zero-order valence-corrected chi connectivity index (χ0v) is 21.1. The highest BCUT2D eigenvalue weighted by Gasteiger charge is 2.09. The molecule has 37 heavy (non-hydrogen) atoms. The van der Waals surface area contributed by atoms with Gasteiger partial charge in [-0.05, 0) is 66.7 Å². The number of anilines is 6. The number of nitrogens with one attached hydrogen (secondary N) is 3. The van der Waals surface area contributed by atoms with Crippen LogP contribution in [-0.2, 0) is 7.05 Å². The predicted molar refractivity (Wildman–Crippen MR) is 151 cm³/mol. The van der Waals surface area contributed by atoms with Crippen LogP contribution < -0.4 is 25.4 Å². The number of hydrogen-bond donors (Lipinski definition) is 3. The second-order valence-corrected chi connectivity index (χ2v) is 9.07. The number of carbonyl (C=O) groups is 1. The van der Waals surface area contributed by atoms with Gasteiger partial charge in [0.2, 0.25) is 0 Å². The largest absolute Gasteiger partial charge is 0.378 e. The molecule has 5 rings (SSSR count). The fourth-order valence-corrected chi connectivity index (χ4v) is 4.01. The molecule has 1 amide bonds. The van der Waals surface area contributed by atoms with Crippen LogP contribution in [0.2, 0.25) is 0 Å². The first-order chi connectivity index (χ1) is 17.9. The number of rotatable bonds is 7. The van der Waals surface area contributed by atoms with E-state index in [-0.39, 0.29) is 5.91 Å². The van der Waals surface area contributed by atoms with Crippen molar-refractivity contribution >= 4 is 50.9 Å². The molecular formula is C30H29N6O+. The number of aryl methyl sites for hydroxylation is 1. The van der Waals surface area contributed by atoms with Crippen LogP contribution in [0.5, 0.6) is 0 Å². The average Bonchev–Trinajstić information content (AvgIpc) is 2.91. The lowest BCUT2D eigenvalue weighted by Crippen LogP contribution is -2.25. The maximum atomic E-state index is 12.9. The van der Waals surface area contributed by atoms with E-state index in [4.69, 9.17) is 0 Å². The molecule has 0 saturated heterocycles. The minimum Gasteiger partial charge on any atom is -0.378 e. The Balaban J connectivity index is 1.26. The van der Waals surface area contributed by atoms with Gasteiger partial charge in [0.1, 0.15) is 7.05 Å². The van der Waals surface area contributed by atoms with Crippen molar-refractivity contribution in [3.63, 3.8) is 0 Å². The molecule has 0 radical (unpaired) electrons. The molecule has 3 aromatic carbocycles. The molecule has 5 aromatic rings. The van der Waals surface area contributed by atoms with Crippen molar-refractivity contribution in [2.24, 2.45) is 7.05 Å². The van der Waals surface area contributed by atoms with Crippen molar-refractivity contribution < 1.29 is 9.36 Å². The van der Waals surface area contributed by atoms with Crippen LogP contribution in [0.4, 0.5) is 34.1 Å². The first-order valence-electron chi connectivity index (χ1n) is 12.0. The third-order valence-corrected chi connectivity index (χ3v) is 6.06. The molecule has 0 saturated carbocycles. The van der Waals surface area contributed by atoms with Crippen LogP contribution in [0.1, 0.15) is 10.4 Å². The number of pyridine rings is 2. The van der Waals surface area contributed by atoms with Crippen molar-refractivity contribution in [3.05, 3.63) is 109 Å². The zero-order valence-electron chi connectivity index (χ0n) is 21.1. The first kappa shape index (κ1) is 23.8. The normalized spacial score (nSPS) is 10.7. The number of benzene rings is 3. The fraction of sp³-hybridized carbons (Fsp3) is 0.100. The second kappa shape index (κ2) is 10.4. The van der Waals surface area contributed by atoms with Crippen LogP contribution in [0.25, 0.3) is 10.9 Å². The highest BCUT2D eigenvalue weighted by Crippen LogP contribution is 2.28. The van der Waals surface area contributed by atoms with Gasteiger partial charge in [-0.3, -0.25) is 9.78 Å². The van der Waals surface area contributed by atoms with Crippen LogP contribution in [0, 0.1) is 0 Å².